The van der Waals surface area contributed by atoms with Crippen molar-refractivity contribution in [1.82, 2.24) is 9.29 Å². The number of hydrogen-bond donors (Lipinski definition) is 0. The van der Waals surface area contributed by atoms with Crippen LogP contribution in [0.2, 0.25) is 0 Å². The molecule has 0 amide bonds. The highest BCUT2D eigenvalue weighted by molar-refractivity contribution is 9.10. The minimum Gasteiger partial charge on any atom is -0.249 e. The molecule has 0 aliphatic carbocycles. The van der Waals surface area contributed by atoms with Gasteiger partial charge in [-0.2, -0.15) is 4.31 Å². The first-order valence-electron chi connectivity index (χ1n) is 8.00. The van der Waals surface area contributed by atoms with E-state index in [1.807, 2.05) is 0 Å². The number of thioether (sulfide) groups is 1. The van der Waals surface area contributed by atoms with Gasteiger partial charge in [-0.1, -0.05) is 22.4 Å². The van der Waals surface area contributed by atoms with Crippen LogP contribution in [0.3, 0.4) is 0 Å². The zero-order chi connectivity index (χ0) is 17.9. The van der Waals surface area contributed by atoms with E-state index in [0.717, 1.165) is 23.7 Å². The number of rotatable bonds is 5. The SMILES string of the molecule is O=S(=O)(c1ccc(SCc2cc(Br)ccc2F)nc1)N1CCCCC1. The van der Waals surface area contributed by atoms with E-state index in [1.165, 1.54) is 28.3 Å². The second-order valence-electron chi connectivity index (χ2n) is 5.82. The molecule has 2 aromatic rings. The Balaban J connectivity index is 1.68. The van der Waals surface area contributed by atoms with Crippen molar-refractivity contribution in [1.29, 1.82) is 0 Å². The van der Waals surface area contributed by atoms with Crippen molar-refractivity contribution in [2.75, 3.05) is 13.1 Å². The van der Waals surface area contributed by atoms with Gasteiger partial charge in [0.2, 0.25) is 10.0 Å². The Morgan fingerprint density at radius 1 is 1.16 bits per heavy atom. The Bertz CT molecular complexity index is 838. The molecule has 1 aliphatic rings. The Morgan fingerprint density at radius 2 is 1.92 bits per heavy atom. The number of aromatic nitrogens is 1. The molecule has 4 nitrogen and oxygen atoms in total. The number of sulfonamides is 1. The van der Waals surface area contributed by atoms with Crippen molar-refractivity contribution in [3.8, 4) is 0 Å². The number of benzene rings is 1. The van der Waals surface area contributed by atoms with Crippen LogP contribution in [0.25, 0.3) is 0 Å². The van der Waals surface area contributed by atoms with Crippen LogP contribution in [0, 0.1) is 5.82 Å². The Kier molecular flexibility index (Phi) is 6.14. The molecule has 1 aromatic carbocycles. The van der Waals surface area contributed by atoms with E-state index in [2.05, 4.69) is 20.9 Å². The topological polar surface area (TPSA) is 50.3 Å². The van der Waals surface area contributed by atoms with Gasteiger partial charge in [0, 0.05) is 29.5 Å². The van der Waals surface area contributed by atoms with E-state index in [1.54, 1.807) is 24.3 Å². The van der Waals surface area contributed by atoms with Crippen LogP contribution in [0.5, 0.6) is 0 Å². The van der Waals surface area contributed by atoms with Gasteiger partial charge in [-0.05, 0) is 48.7 Å². The molecule has 1 aliphatic heterocycles. The highest BCUT2D eigenvalue weighted by atomic mass is 79.9. The maximum absolute atomic E-state index is 13.8. The van der Waals surface area contributed by atoms with Gasteiger partial charge in [0.15, 0.2) is 0 Å². The van der Waals surface area contributed by atoms with E-state index in [-0.39, 0.29) is 10.7 Å². The summed E-state index contributed by atoms with van der Waals surface area (Å²) >= 11 is 4.70. The van der Waals surface area contributed by atoms with Crippen molar-refractivity contribution in [3.05, 3.63) is 52.4 Å². The molecule has 25 heavy (non-hydrogen) atoms. The summed E-state index contributed by atoms with van der Waals surface area (Å²) < 4.78 is 41.3. The Hall–Kier alpha value is -0.960. The molecule has 0 spiro atoms. The highest BCUT2D eigenvalue weighted by Crippen LogP contribution is 2.26. The second kappa shape index (κ2) is 8.16. The van der Waals surface area contributed by atoms with Gasteiger partial charge in [-0.15, -0.1) is 11.8 Å². The molecule has 0 atom stereocenters. The molecular weight excluding hydrogens is 427 g/mol. The largest absolute Gasteiger partial charge is 0.249 e. The van der Waals surface area contributed by atoms with E-state index in [4.69, 9.17) is 0 Å². The molecule has 1 aromatic heterocycles. The summed E-state index contributed by atoms with van der Waals surface area (Å²) in [6.07, 6.45) is 4.27. The molecule has 2 heterocycles. The van der Waals surface area contributed by atoms with Crippen LogP contribution in [0.4, 0.5) is 4.39 Å². The number of nitrogens with zero attached hydrogens (tertiary/aromatic N) is 2. The maximum Gasteiger partial charge on any atom is 0.244 e. The molecule has 3 rings (SSSR count). The quantitative estimate of drug-likeness (QED) is 0.639. The van der Waals surface area contributed by atoms with Crippen molar-refractivity contribution < 1.29 is 12.8 Å². The van der Waals surface area contributed by atoms with Crippen molar-refractivity contribution >= 4 is 37.7 Å². The molecule has 0 saturated carbocycles. The monoisotopic (exact) mass is 444 g/mol. The van der Waals surface area contributed by atoms with Crippen LogP contribution in [-0.4, -0.2) is 30.8 Å². The standard InChI is InChI=1S/C17H18BrFN2O2S2/c18-14-4-6-16(19)13(10-14)12-24-17-7-5-15(11-20-17)25(22,23)21-8-2-1-3-9-21/h4-7,10-11H,1-3,8-9,12H2. The predicted octanol–water partition coefficient (Wildman–Crippen LogP) is 4.45. The van der Waals surface area contributed by atoms with Crippen LogP contribution in [0.1, 0.15) is 24.8 Å². The summed E-state index contributed by atoms with van der Waals surface area (Å²) in [6.45, 7) is 1.14. The van der Waals surface area contributed by atoms with E-state index in [0.29, 0.717) is 29.4 Å². The third kappa shape index (κ3) is 4.61. The Labute approximate surface area is 160 Å². The third-order valence-electron chi connectivity index (χ3n) is 4.05. The van der Waals surface area contributed by atoms with Gasteiger partial charge in [0.25, 0.3) is 0 Å². The van der Waals surface area contributed by atoms with E-state index in [9.17, 15) is 12.8 Å². The molecule has 0 radical (unpaired) electrons. The summed E-state index contributed by atoms with van der Waals surface area (Å²) in [7, 11) is -3.46. The van der Waals surface area contributed by atoms with Crippen LogP contribution < -0.4 is 0 Å². The fourth-order valence-electron chi connectivity index (χ4n) is 2.66. The lowest BCUT2D eigenvalue weighted by atomic mass is 10.2. The smallest absolute Gasteiger partial charge is 0.244 e. The van der Waals surface area contributed by atoms with Gasteiger partial charge in [-0.25, -0.2) is 17.8 Å². The summed E-state index contributed by atoms with van der Waals surface area (Å²) in [5, 5.41) is 0.664. The number of hydrogen-bond acceptors (Lipinski definition) is 4. The lowest BCUT2D eigenvalue weighted by Crippen LogP contribution is -2.35. The molecule has 0 bridgehead atoms. The fraction of sp³-hybridized carbons (Fsp3) is 0.353. The van der Waals surface area contributed by atoms with Gasteiger partial charge in [0.05, 0.1) is 5.03 Å². The molecular formula is C17H18BrFN2O2S2. The van der Waals surface area contributed by atoms with Crippen molar-refractivity contribution in [2.24, 2.45) is 0 Å². The number of pyridine rings is 1. The first-order chi connectivity index (χ1) is 12.0. The second-order valence-corrected chi connectivity index (χ2v) is 9.67. The predicted molar refractivity (Wildman–Crippen MR) is 101 cm³/mol. The highest BCUT2D eigenvalue weighted by Gasteiger charge is 2.26. The fourth-order valence-corrected chi connectivity index (χ4v) is 5.35. The molecule has 0 unspecified atom stereocenters. The van der Waals surface area contributed by atoms with Gasteiger partial charge in [-0.3, -0.25) is 0 Å². The summed E-state index contributed by atoms with van der Waals surface area (Å²) in [4.78, 5) is 4.45. The first-order valence-corrected chi connectivity index (χ1v) is 11.2. The van der Waals surface area contributed by atoms with E-state index < -0.39 is 10.0 Å². The summed E-state index contributed by atoms with van der Waals surface area (Å²) in [5.74, 6) is 0.163. The molecule has 1 saturated heterocycles. The number of halogens is 2. The van der Waals surface area contributed by atoms with Gasteiger partial charge >= 0.3 is 0 Å². The van der Waals surface area contributed by atoms with Crippen LogP contribution >= 0.6 is 27.7 Å². The third-order valence-corrected chi connectivity index (χ3v) is 7.41. The normalized spacial score (nSPS) is 16.1. The van der Waals surface area contributed by atoms with E-state index >= 15 is 0 Å². The molecule has 0 N–H and O–H groups in total. The lowest BCUT2D eigenvalue weighted by molar-refractivity contribution is 0.346. The van der Waals surface area contributed by atoms with Gasteiger partial charge < -0.3 is 0 Å². The lowest BCUT2D eigenvalue weighted by Gasteiger charge is -2.25. The van der Waals surface area contributed by atoms with Gasteiger partial charge in [0.1, 0.15) is 10.7 Å². The average molecular weight is 445 g/mol. The summed E-state index contributed by atoms with van der Waals surface area (Å²) in [5.41, 5.74) is 0.575. The van der Waals surface area contributed by atoms with Crippen molar-refractivity contribution in [2.45, 2.75) is 34.9 Å². The molecule has 1 fully saturated rings. The Morgan fingerprint density at radius 3 is 2.60 bits per heavy atom. The maximum atomic E-state index is 13.8. The first kappa shape index (κ1) is 18.8. The zero-order valence-electron chi connectivity index (χ0n) is 13.5. The number of piperidine rings is 1. The summed E-state index contributed by atoms with van der Waals surface area (Å²) in [6, 6.07) is 8.06. The average Bonchev–Trinajstić information content (AvgIpc) is 2.63. The van der Waals surface area contributed by atoms with Crippen molar-refractivity contribution in [3.63, 3.8) is 0 Å². The molecule has 8 heteroatoms. The molecule has 134 valence electrons. The minimum atomic E-state index is -3.46. The zero-order valence-corrected chi connectivity index (χ0v) is 16.7. The minimum absolute atomic E-state index is 0.215. The van der Waals surface area contributed by atoms with Crippen LogP contribution in [0.15, 0.2) is 50.9 Å². The van der Waals surface area contributed by atoms with Crippen LogP contribution in [-0.2, 0) is 15.8 Å².